The highest BCUT2D eigenvalue weighted by atomic mass is 35.5. The fraction of sp³-hybridized carbons (Fsp3) is 0.360. The van der Waals surface area contributed by atoms with Gasteiger partial charge in [-0.2, -0.15) is 0 Å². The van der Waals surface area contributed by atoms with Gasteiger partial charge in [-0.1, -0.05) is 29.8 Å². The second kappa shape index (κ2) is 8.60. The second-order valence-corrected chi connectivity index (χ2v) is 9.02. The van der Waals surface area contributed by atoms with Crippen LogP contribution in [-0.2, 0) is 0 Å². The van der Waals surface area contributed by atoms with Crippen molar-refractivity contribution in [3.05, 3.63) is 70.4 Å². The molecule has 166 valence electrons. The van der Waals surface area contributed by atoms with E-state index in [9.17, 15) is 9.59 Å². The Hall–Kier alpha value is -2.83. The molecule has 2 aliphatic heterocycles. The molecule has 3 heterocycles. The molecule has 0 N–H and O–H groups in total. The number of halogens is 1. The molecule has 0 aliphatic carbocycles. The van der Waals surface area contributed by atoms with Gasteiger partial charge in [0.05, 0.1) is 0 Å². The molecule has 1 aromatic heterocycles. The Labute approximate surface area is 192 Å². The third kappa shape index (κ3) is 3.89. The van der Waals surface area contributed by atoms with Gasteiger partial charge in [0.2, 0.25) is 0 Å². The first-order valence-electron chi connectivity index (χ1n) is 11.1. The molecule has 2 saturated heterocycles. The summed E-state index contributed by atoms with van der Waals surface area (Å²) >= 11 is 5.93. The summed E-state index contributed by atoms with van der Waals surface area (Å²) < 4.78 is 5.89. The highest BCUT2D eigenvalue weighted by molar-refractivity contribution is 6.30. The van der Waals surface area contributed by atoms with E-state index in [0.717, 1.165) is 42.6 Å². The number of para-hydroxylation sites is 1. The van der Waals surface area contributed by atoms with Gasteiger partial charge < -0.3 is 14.2 Å². The molecule has 2 amide bonds. The summed E-state index contributed by atoms with van der Waals surface area (Å²) in [5.74, 6) is 0.466. The van der Waals surface area contributed by atoms with Gasteiger partial charge in [-0.05, 0) is 43.7 Å². The number of carbonyl (C=O) groups is 2. The predicted octanol–water partition coefficient (Wildman–Crippen LogP) is 4.07. The maximum absolute atomic E-state index is 13.1. The number of nitrogens with zero attached hydrogens (tertiary/aromatic N) is 3. The Morgan fingerprint density at radius 1 is 0.906 bits per heavy atom. The number of amides is 2. The first-order valence-corrected chi connectivity index (χ1v) is 11.5. The van der Waals surface area contributed by atoms with E-state index in [1.54, 1.807) is 24.3 Å². The molecule has 7 heteroatoms. The molecule has 0 saturated carbocycles. The number of benzene rings is 2. The normalized spacial score (nSPS) is 19.6. The van der Waals surface area contributed by atoms with Crippen molar-refractivity contribution < 1.29 is 14.0 Å². The van der Waals surface area contributed by atoms with E-state index in [1.807, 2.05) is 41.0 Å². The van der Waals surface area contributed by atoms with E-state index in [2.05, 4.69) is 4.90 Å². The highest BCUT2D eigenvalue weighted by Gasteiger charge is 2.35. The molecule has 32 heavy (non-hydrogen) atoms. The number of fused-ring (bicyclic) bond motifs is 1. The minimum Gasteiger partial charge on any atom is -0.451 e. The molecule has 6 nitrogen and oxygen atoms in total. The van der Waals surface area contributed by atoms with E-state index in [0.29, 0.717) is 42.0 Å². The molecular weight excluding hydrogens is 426 g/mol. The average Bonchev–Trinajstić information content (AvgIpc) is 3.44. The van der Waals surface area contributed by atoms with Crippen molar-refractivity contribution in [1.82, 2.24) is 14.7 Å². The summed E-state index contributed by atoms with van der Waals surface area (Å²) in [5.41, 5.74) is 2.33. The summed E-state index contributed by atoms with van der Waals surface area (Å²) in [6, 6.07) is 15.1. The Balaban J connectivity index is 1.19. The SMILES string of the molecule is Cc1c(C(=O)N2CCC(N3CCN(C(=O)c4ccc(Cl)cc4)CC3)C2)oc2ccccc12. The minimum absolute atomic E-state index is 0.0299. The quantitative estimate of drug-likeness (QED) is 0.602. The Kier molecular flexibility index (Phi) is 5.66. The van der Waals surface area contributed by atoms with Crippen LogP contribution < -0.4 is 0 Å². The molecule has 1 atom stereocenters. The summed E-state index contributed by atoms with van der Waals surface area (Å²) in [6.07, 6.45) is 0.941. The molecule has 1 unspecified atom stereocenters. The fourth-order valence-corrected chi connectivity index (χ4v) is 4.94. The van der Waals surface area contributed by atoms with E-state index in [-0.39, 0.29) is 11.8 Å². The maximum atomic E-state index is 13.1. The average molecular weight is 452 g/mol. The summed E-state index contributed by atoms with van der Waals surface area (Å²) in [4.78, 5) is 32.1. The van der Waals surface area contributed by atoms with Gasteiger partial charge in [-0.3, -0.25) is 14.5 Å². The third-order valence-electron chi connectivity index (χ3n) is 6.70. The van der Waals surface area contributed by atoms with E-state index < -0.39 is 0 Å². The van der Waals surface area contributed by atoms with E-state index in [4.69, 9.17) is 16.0 Å². The van der Waals surface area contributed by atoms with Gasteiger partial charge in [0.25, 0.3) is 11.8 Å². The summed E-state index contributed by atoms with van der Waals surface area (Å²) in [6.45, 7) is 6.38. The van der Waals surface area contributed by atoms with Crippen LogP contribution in [0.25, 0.3) is 11.0 Å². The van der Waals surface area contributed by atoms with Crippen LogP contribution in [-0.4, -0.2) is 71.8 Å². The Morgan fingerprint density at radius 3 is 2.34 bits per heavy atom. The monoisotopic (exact) mass is 451 g/mol. The van der Waals surface area contributed by atoms with Crippen molar-refractivity contribution in [3.8, 4) is 0 Å². The van der Waals surface area contributed by atoms with Gasteiger partial charge in [-0.15, -0.1) is 0 Å². The summed E-state index contributed by atoms with van der Waals surface area (Å²) in [7, 11) is 0. The van der Waals surface area contributed by atoms with Crippen molar-refractivity contribution >= 4 is 34.4 Å². The number of rotatable bonds is 3. The van der Waals surface area contributed by atoms with E-state index >= 15 is 0 Å². The topological polar surface area (TPSA) is 57.0 Å². The zero-order chi connectivity index (χ0) is 22.2. The van der Waals surface area contributed by atoms with Crippen molar-refractivity contribution in [1.29, 1.82) is 0 Å². The zero-order valence-electron chi connectivity index (χ0n) is 18.1. The number of aryl methyl sites for hydroxylation is 1. The molecule has 0 spiro atoms. The maximum Gasteiger partial charge on any atom is 0.289 e. The number of likely N-dealkylation sites (tertiary alicyclic amines) is 1. The highest BCUT2D eigenvalue weighted by Crippen LogP contribution is 2.28. The van der Waals surface area contributed by atoms with Crippen molar-refractivity contribution in [2.24, 2.45) is 0 Å². The summed E-state index contributed by atoms with van der Waals surface area (Å²) in [5, 5.41) is 1.62. The molecular formula is C25H26ClN3O3. The lowest BCUT2D eigenvalue weighted by Gasteiger charge is -2.38. The van der Waals surface area contributed by atoms with Crippen LogP contribution in [0.4, 0.5) is 0 Å². The van der Waals surface area contributed by atoms with Crippen molar-refractivity contribution in [2.45, 2.75) is 19.4 Å². The number of hydrogen-bond donors (Lipinski definition) is 0. The third-order valence-corrected chi connectivity index (χ3v) is 6.95. The van der Waals surface area contributed by atoms with Crippen LogP contribution in [0.5, 0.6) is 0 Å². The van der Waals surface area contributed by atoms with Crippen LogP contribution in [0.15, 0.2) is 52.9 Å². The Bertz CT molecular complexity index is 1150. The van der Waals surface area contributed by atoms with E-state index in [1.165, 1.54) is 0 Å². The van der Waals surface area contributed by atoms with Crippen LogP contribution >= 0.6 is 11.6 Å². The smallest absolute Gasteiger partial charge is 0.289 e. The van der Waals surface area contributed by atoms with Crippen molar-refractivity contribution in [3.63, 3.8) is 0 Å². The molecule has 5 rings (SSSR count). The lowest BCUT2D eigenvalue weighted by molar-refractivity contribution is 0.0566. The molecule has 0 radical (unpaired) electrons. The van der Waals surface area contributed by atoms with Crippen LogP contribution in [0, 0.1) is 6.92 Å². The lowest BCUT2D eigenvalue weighted by Crippen LogP contribution is -2.52. The van der Waals surface area contributed by atoms with Gasteiger partial charge in [0.1, 0.15) is 5.58 Å². The molecule has 0 bridgehead atoms. The number of carbonyl (C=O) groups excluding carboxylic acids is 2. The molecule has 3 aromatic rings. The van der Waals surface area contributed by atoms with Crippen LogP contribution in [0.1, 0.15) is 32.9 Å². The second-order valence-electron chi connectivity index (χ2n) is 8.58. The lowest BCUT2D eigenvalue weighted by atomic mass is 10.1. The van der Waals surface area contributed by atoms with Gasteiger partial charge >= 0.3 is 0 Å². The number of piperazine rings is 1. The zero-order valence-corrected chi connectivity index (χ0v) is 18.8. The standard InChI is InChI=1S/C25H26ClN3O3/c1-17-21-4-2-3-5-22(21)32-23(17)25(31)29-11-10-20(16-29)27-12-14-28(15-13-27)24(30)18-6-8-19(26)9-7-18/h2-9,20H,10-16H2,1H3. The fourth-order valence-electron chi connectivity index (χ4n) is 4.81. The first-order chi connectivity index (χ1) is 15.5. The minimum atomic E-state index is -0.0299. The van der Waals surface area contributed by atoms with Gasteiger partial charge in [0.15, 0.2) is 5.76 Å². The largest absolute Gasteiger partial charge is 0.451 e. The number of hydrogen-bond acceptors (Lipinski definition) is 4. The molecule has 2 fully saturated rings. The van der Waals surface area contributed by atoms with Crippen LogP contribution in [0.2, 0.25) is 5.02 Å². The van der Waals surface area contributed by atoms with Gasteiger partial charge in [-0.25, -0.2) is 0 Å². The van der Waals surface area contributed by atoms with Crippen LogP contribution in [0.3, 0.4) is 0 Å². The number of furan rings is 1. The first kappa shape index (κ1) is 21.0. The van der Waals surface area contributed by atoms with Crippen molar-refractivity contribution in [2.75, 3.05) is 39.3 Å². The Morgan fingerprint density at radius 2 is 1.62 bits per heavy atom. The van der Waals surface area contributed by atoms with Gasteiger partial charge in [0, 0.05) is 66.8 Å². The molecule has 2 aromatic carbocycles. The predicted molar refractivity (Wildman–Crippen MR) is 124 cm³/mol. The molecule has 2 aliphatic rings.